The Morgan fingerprint density at radius 2 is 1.89 bits per heavy atom. The first-order valence-electron chi connectivity index (χ1n) is 6.26. The Bertz CT molecular complexity index is 325. The number of aliphatic hydroxyl groups is 1. The molecule has 0 amide bonds. The van der Waals surface area contributed by atoms with E-state index in [0.29, 0.717) is 6.42 Å². The van der Waals surface area contributed by atoms with Gasteiger partial charge in [-0.15, -0.1) is 0 Å². The summed E-state index contributed by atoms with van der Waals surface area (Å²) in [6.45, 7) is 1.69. The summed E-state index contributed by atoms with van der Waals surface area (Å²) in [6.07, 6.45) is -0.661. The minimum atomic E-state index is -2.45. The van der Waals surface area contributed by atoms with Crippen LogP contribution in [-0.2, 0) is 11.2 Å². The van der Waals surface area contributed by atoms with Crippen LogP contribution in [0.4, 0.5) is 8.78 Å². The van der Waals surface area contributed by atoms with Crippen molar-refractivity contribution in [2.75, 3.05) is 13.2 Å². The summed E-state index contributed by atoms with van der Waals surface area (Å²) in [5, 5.41) is 9.84. The first kappa shape index (κ1) is 15.1. The van der Waals surface area contributed by atoms with Gasteiger partial charge in [0.1, 0.15) is 6.61 Å². The molecule has 0 aliphatic heterocycles. The number of ether oxygens (including phenoxy) is 1. The van der Waals surface area contributed by atoms with Crippen LogP contribution in [0.15, 0.2) is 24.3 Å². The normalized spacial score (nSPS) is 12.9. The largest absolute Gasteiger partial charge is 0.388 e. The van der Waals surface area contributed by atoms with Gasteiger partial charge in [0.15, 0.2) is 0 Å². The third-order valence-corrected chi connectivity index (χ3v) is 2.68. The summed E-state index contributed by atoms with van der Waals surface area (Å²) in [5.41, 5.74) is 2.04. The average molecular weight is 258 g/mol. The molecule has 1 aromatic carbocycles. The van der Waals surface area contributed by atoms with Gasteiger partial charge in [0.25, 0.3) is 6.43 Å². The number of aryl methyl sites for hydroxylation is 1. The van der Waals surface area contributed by atoms with Crippen molar-refractivity contribution in [3.8, 4) is 0 Å². The zero-order valence-electron chi connectivity index (χ0n) is 10.6. The molecule has 0 bridgehead atoms. The molecular weight excluding hydrogens is 238 g/mol. The maximum Gasteiger partial charge on any atom is 0.261 e. The Labute approximate surface area is 107 Å². The Kier molecular flexibility index (Phi) is 6.83. The molecule has 0 spiro atoms. The van der Waals surface area contributed by atoms with Gasteiger partial charge >= 0.3 is 0 Å². The SMILES string of the molecule is CCCc1ccc(C(O)CCOCC(F)F)cc1. The lowest BCUT2D eigenvalue weighted by molar-refractivity contribution is 0.00481. The lowest BCUT2D eigenvalue weighted by atomic mass is 10.0. The molecule has 0 saturated carbocycles. The number of benzene rings is 1. The Morgan fingerprint density at radius 1 is 1.22 bits per heavy atom. The maximum absolute atomic E-state index is 11.8. The molecule has 0 aliphatic carbocycles. The van der Waals surface area contributed by atoms with Crippen LogP contribution in [0.5, 0.6) is 0 Å². The van der Waals surface area contributed by atoms with Gasteiger partial charge in [-0.2, -0.15) is 0 Å². The molecule has 1 rings (SSSR count). The average Bonchev–Trinajstić information content (AvgIpc) is 2.35. The third kappa shape index (κ3) is 5.56. The molecule has 102 valence electrons. The third-order valence-electron chi connectivity index (χ3n) is 2.68. The molecule has 0 aromatic heterocycles. The minimum Gasteiger partial charge on any atom is -0.388 e. The van der Waals surface area contributed by atoms with E-state index in [9.17, 15) is 13.9 Å². The highest BCUT2D eigenvalue weighted by molar-refractivity contribution is 5.24. The van der Waals surface area contributed by atoms with E-state index in [1.165, 1.54) is 5.56 Å². The van der Waals surface area contributed by atoms with Crippen LogP contribution < -0.4 is 0 Å². The van der Waals surface area contributed by atoms with Crippen molar-refractivity contribution in [2.24, 2.45) is 0 Å². The lowest BCUT2D eigenvalue weighted by Gasteiger charge is -2.12. The number of aliphatic hydroxyl groups excluding tert-OH is 1. The maximum atomic E-state index is 11.8. The summed E-state index contributed by atoms with van der Waals surface area (Å²) in [6, 6.07) is 7.73. The molecule has 1 N–H and O–H groups in total. The summed E-state index contributed by atoms with van der Waals surface area (Å²) < 4.78 is 28.4. The standard InChI is InChI=1S/C14H20F2O2/c1-2-3-11-4-6-12(7-5-11)13(17)8-9-18-10-14(15)16/h4-7,13-14,17H,2-3,8-10H2,1H3. The summed E-state index contributed by atoms with van der Waals surface area (Å²) >= 11 is 0. The van der Waals surface area contributed by atoms with E-state index in [0.717, 1.165) is 18.4 Å². The Balaban J connectivity index is 2.34. The smallest absolute Gasteiger partial charge is 0.261 e. The Morgan fingerprint density at radius 3 is 2.44 bits per heavy atom. The van der Waals surface area contributed by atoms with E-state index in [2.05, 4.69) is 6.92 Å². The van der Waals surface area contributed by atoms with Gasteiger partial charge in [-0.1, -0.05) is 37.6 Å². The topological polar surface area (TPSA) is 29.5 Å². The molecular formula is C14H20F2O2. The van der Waals surface area contributed by atoms with Crippen LogP contribution in [-0.4, -0.2) is 24.7 Å². The quantitative estimate of drug-likeness (QED) is 0.725. The molecule has 1 unspecified atom stereocenters. The summed E-state index contributed by atoms with van der Waals surface area (Å²) in [7, 11) is 0. The number of rotatable bonds is 8. The van der Waals surface area contributed by atoms with Crippen molar-refractivity contribution in [2.45, 2.75) is 38.7 Å². The zero-order valence-corrected chi connectivity index (χ0v) is 10.6. The monoisotopic (exact) mass is 258 g/mol. The van der Waals surface area contributed by atoms with Crippen LogP contribution in [0, 0.1) is 0 Å². The number of alkyl halides is 2. The van der Waals surface area contributed by atoms with Gasteiger partial charge < -0.3 is 9.84 Å². The first-order valence-corrected chi connectivity index (χ1v) is 6.26. The molecule has 4 heteroatoms. The first-order chi connectivity index (χ1) is 8.63. The van der Waals surface area contributed by atoms with Crippen molar-refractivity contribution < 1.29 is 18.6 Å². The van der Waals surface area contributed by atoms with E-state index in [1.54, 1.807) is 0 Å². The van der Waals surface area contributed by atoms with E-state index < -0.39 is 19.1 Å². The van der Waals surface area contributed by atoms with Crippen LogP contribution in [0.1, 0.15) is 37.0 Å². The highest BCUT2D eigenvalue weighted by atomic mass is 19.3. The van der Waals surface area contributed by atoms with Crippen LogP contribution in [0.25, 0.3) is 0 Å². The number of hydrogen-bond donors (Lipinski definition) is 1. The second kappa shape index (κ2) is 8.16. The van der Waals surface area contributed by atoms with E-state index in [-0.39, 0.29) is 6.61 Å². The van der Waals surface area contributed by atoms with Gasteiger partial charge in [0, 0.05) is 13.0 Å². The van der Waals surface area contributed by atoms with Crippen LogP contribution in [0.2, 0.25) is 0 Å². The van der Waals surface area contributed by atoms with Gasteiger partial charge in [-0.3, -0.25) is 0 Å². The van der Waals surface area contributed by atoms with Crippen molar-refractivity contribution in [1.29, 1.82) is 0 Å². The molecule has 0 saturated heterocycles. The van der Waals surface area contributed by atoms with Gasteiger partial charge in [0.05, 0.1) is 6.10 Å². The fourth-order valence-corrected chi connectivity index (χ4v) is 1.73. The molecule has 0 heterocycles. The highest BCUT2D eigenvalue weighted by Crippen LogP contribution is 2.17. The van der Waals surface area contributed by atoms with Gasteiger partial charge in [-0.05, 0) is 17.5 Å². The fourth-order valence-electron chi connectivity index (χ4n) is 1.73. The predicted octanol–water partition coefficient (Wildman–Crippen LogP) is 3.34. The van der Waals surface area contributed by atoms with E-state index in [4.69, 9.17) is 4.74 Å². The zero-order chi connectivity index (χ0) is 13.4. The molecule has 1 aromatic rings. The second-order valence-electron chi connectivity index (χ2n) is 4.26. The molecule has 0 fully saturated rings. The summed E-state index contributed by atoms with van der Waals surface area (Å²) in [4.78, 5) is 0. The molecule has 1 atom stereocenters. The minimum absolute atomic E-state index is 0.141. The van der Waals surface area contributed by atoms with E-state index >= 15 is 0 Å². The lowest BCUT2D eigenvalue weighted by Crippen LogP contribution is -2.08. The summed E-state index contributed by atoms with van der Waals surface area (Å²) in [5.74, 6) is 0. The molecule has 0 aliphatic rings. The molecule has 0 radical (unpaired) electrons. The fraction of sp³-hybridized carbons (Fsp3) is 0.571. The Hall–Kier alpha value is -1.00. The van der Waals surface area contributed by atoms with Crippen LogP contribution in [0.3, 0.4) is 0 Å². The second-order valence-corrected chi connectivity index (χ2v) is 4.26. The molecule has 18 heavy (non-hydrogen) atoms. The van der Waals surface area contributed by atoms with Crippen molar-refractivity contribution >= 4 is 0 Å². The van der Waals surface area contributed by atoms with Crippen molar-refractivity contribution in [1.82, 2.24) is 0 Å². The molecule has 2 nitrogen and oxygen atoms in total. The predicted molar refractivity (Wildman–Crippen MR) is 66.8 cm³/mol. The van der Waals surface area contributed by atoms with Gasteiger partial charge in [0.2, 0.25) is 0 Å². The van der Waals surface area contributed by atoms with Crippen molar-refractivity contribution in [3.05, 3.63) is 35.4 Å². The number of halogens is 2. The number of hydrogen-bond acceptors (Lipinski definition) is 2. The van der Waals surface area contributed by atoms with E-state index in [1.807, 2.05) is 24.3 Å². The van der Waals surface area contributed by atoms with Crippen LogP contribution >= 0.6 is 0 Å². The van der Waals surface area contributed by atoms with Crippen molar-refractivity contribution in [3.63, 3.8) is 0 Å². The van der Waals surface area contributed by atoms with Gasteiger partial charge in [-0.25, -0.2) is 8.78 Å². The highest BCUT2D eigenvalue weighted by Gasteiger charge is 2.08.